The Bertz CT molecular complexity index is 417. The molecular weight excluding hydrogens is 284 g/mol. The Morgan fingerprint density at radius 2 is 2.29 bits per heavy atom. The Morgan fingerprint density at radius 3 is 2.94 bits per heavy atom. The van der Waals surface area contributed by atoms with Crippen molar-refractivity contribution < 1.29 is 4.79 Å². The van der Waals surface area contributed by atoms with Gasteiger partial charge in [-0.1, -0.05) is 0 Å². The van der Waals surface area contributed by atoms with Gasteiger partial charge in [0.15, 0.2) is 0 Å². The van der Waals surface area contributed by atoms with Crippen molar-refractivity contribution >= 4 is 27.7 Å². The molecule has 17 heavy (non-hydrogen) atoms. The molecule has 1 unspecified atom stereocenters. The summed E-state index contributed by atoms with van der Waals surface area (Å²) in [6, 6.07) is 2.11. The number of piperidine rings is 1. The van der Waals surface area contributed by atoms with Gasteiger partial charge < -0.3 is 10.2 Å². The lowest BCUT2D eigenvalue weighted by atomic mass is 10.1. The van der Waals surface area contributed by atoms with Gasteiger partial charge in [0.2, 0.25) is 5.91 Å². The van der Waals surface area contributed by atoms with Gasteiger partial charge >= 0.3 is 0 Å². The molecule has 2 heterocycles. The van der Waals surface area contributed by atoms with Crippen molar-refractivity contribution in [2.24, 2.45) is 0 Å². The second-order valence-electron chi connectivity index (χ2n) is 4.28. The standard InChI is InChI=1S/C11H15BrN4O/c1-7-13-9(12)5-10(14-7)15-8-3-4-11(17)16(2)6-8/h5,8H,3-4,6H2,1-2H3,(H,13,14,15). The van der Waals surface area contributed by atoms with Crippen LogP contribution in [-0.2, 0) is 4.79 Å². The average Bonchev–Trinajstić information content (AvgIpc) is 2.22. The van der Waals surface area contributed by atoms with Crippen LogP contribution in [0.1, 0.15) is 18.7 Å². The third kappa shape index (κ3) is 3.15. The minimum absolute atomic E-state index is 0.211. The summed E-state index contributed by atoms with van der Waals surface area (Å²) in [6.45, 7) is 2.58. The predicted octanol–water partition coefficient (Wildman–Crippen LogP) is 1.58. The van der Waals surface area contributed by atoms with Crippen molar-refractivity contribution in [1.82, 2.24) is 14.9 Å². The van der Waals surface area contributed by atoms with Gasteiger partial charge in [0, 0.05) is 32.1 Å². The maximum Gasteiger partial charge on any atom is 0.222 e. The number of hydrogen-bond donors (Lipinski definition) is 1. The summed E-state index contributed by atoms with van der Waals surface area (Å²) < 4.78 is 0.771. The highest BCUT2D eigenvalue weighted by Crippen LogP contribution is 2.17. The molecule has 1 aromatic rings. The molecule has 0 saturated carbocycles. The fourth-order valence-corrected chi connectivity index (χ4v) is 2.42. The van der Waals surface area contributed by atoms with E-state index >= 15 is 0 Å². The third-order valence-electron chi connectivity index (χ3n) is 2.79. The minimum Gasteiger partial charge on any atom is -0.365 e. The van der Waals surface area contributed by atoms with Crippen LogP contribution in [0.15, 0.2) is 10.7 Å². The molecule has 6 heteroatoms. The van der Waals surface area contributed by atoms with Gasteiger partial charge in [-0.2, -0.15) is 0 Å². The van der Waals surface area contributed by atoms with Crippen LogP contribution in [0.25, 0.3) is 0 Å². The summed E-state index contributed by atoms with van der Waals surface area (Å²) in [5, 5.41) is 3.34. The highest BCUT2D eigenvalue weighted by atomic mass is 79.9. The number of nitrogens with zero attached hydrogens (tertiary/aromatic N) is 3. The maximum absolute atomic E-state index is 11.4. The average molecular weight is 299 g/mol. The first kappa shape index (κ1) is 12.3. The number of aromatic nitrogens is 2. The summed E-state index contributed by atoms with van der Waals surface area (Å²) >= 11 is 3.34. The highest BCUT2D eigenvalue weighted by molar-refractivity contribution is 9.10. The molecule has 0 aromatic carbocycles. The van der Waals surface area contributed by atoms with Crippen molar-refractivity contribution in [3.8, 4) is 0 Å². The van der Waals surface area contributed by atoms with Crippen LogP contribution >= 0.6 is 15.9 Å². The zero-order valence-corrected chi connectivity index (χ0v) is 11.5. The summed E-state index contributed by atoms with van der Waals surface area (Å²) in [7, 11) is 1.83. The molecule has 2 rings (SSSR count). The van der Waals surface area contributed by atoms with Crippen LogP contribution in [0.2, 0.25) is 0 Å². The minimum atomic E-state index is 0.211. The Kier molecular flexibility index (Phi) is 3.61. The number of halogens is 1. The van der Waals surface area contributed by atoms with E-state index in [4.69, 9.17) is 0 Å². The smallest absolute Gasteiger partial charge is 0.222 e. The van der Waals surface area contributed by atoms with E-state index in [2.05, 4.69) is 31.2 Å². The van der Waals surface area contributed by atoms with Gasteiger partial charge in [0.05, 0.1) is 0 Å². The third-order valence-corrected chi connectivity index (χ3v) is 3.19. The number of carbonyl (C=O) groups excluding carboxylic acids is 1. The van der Waals surface area contributed by atoms with E-state index in [-0.39, 0.29) is 11.9 Å². The van der Waals surface area contributed by atoms with Gasteiger partial charge in [-0.05, 0) is 29.3 Å². The quantitative estimate of drug-likeness (QED) is 0.842. The second kappa shape index (κ2) is 5.00. The molecule has 1 aliphatic rings. The molecule has 1 aliphatic heterocycles. The first-order valence-electron chi connectivity index (χ1n) is 5.56. The normalized spacial score (nSPS) is 20.5. The first-order chi connectivity index (χ1) is 8.04. The van der Waals surface area contributed by atoms with Gasteiger partial charge in [0.25, 0.3) is 0 Å². The van der Waals surface area contributed by atoms with Crippen LogP contribution in [0, 0.1) is 6.92 Å². The Labute approximate surface area is 109 Å². The molecule has 0 bridgehead atoms. The molecule has 92 valence electrons. The van der Waals surface area contributed by atoms with Crippen LogP contribution < -0.4 is 5.32 Å². The van der Waals surface area contributed by atoms with Gasteiger partial charge in [-0.25, -0.2) is 9.97 Å². The van der Waals surface area contributed by atoms with Crippen molar-refractivity contribution in [3.05, 3.63) is 16.5 Å². The number of amides is 1. The SMILES string of the molecule is Cc1nc(Br)cc(NC2CCC(=O)N(C)C2)n1. The summed E-state index contributed by atoms with van der Waals surface area (Å²) in [4.78, 5) is 21.6. The first-order valence-corrected chi connectivity index (χ1v) is 6.35. The fourth-order valence-electron chi connectivity index (χ4n) is 1.94. The lowest BCUT2D eigenvalue weighted by molar-refractivity contribution is -0.132. The molecule has 0 aliphatic carbocycles. The number of hydrogen-bond acceptors (Lipinski definition) is 4. The molecule has 1 saturated heterocycles. The Hall–Kier alpha value is -1.17. The summed E-state index contributed by atoms with van der Waals surface area (Å²) in [5.41, 5.74) is 0. The fraction of sp³-hybridized carbons (Fsp3) is 0.545. The van der Waals surface area contributed by atoms with Crippen LogP contribution in [0.4, 0.5) is 5.82 Å². The summed E-state index contributed by atoms with van der Waals surface area (Å²) in [6.07, 6.45) is 1.45. The molecule has 1 N–H and O–H groups in total. The van der Waals surface area contributed by atoms with E-state index in [1.807, 2.05) is 20.0 Å². The zero-order valence-electron chi connectivity index (χ0n) is 9.90. The number of likely N-dealkylation sites (N-methyl/N-ethyl adjacent to an activating group) is 1. The molecule has 1 aromatic heterocycles. The van der Waals surface area contributed by atoms with E-state index in [9.17, 15) is 4.79 Å². The molecule has 0 spiro atoms. The number of nitrogens with one attached hydrogen (secondary N) is 1. The molecular formula is C11H15BrN4O. The van der Waals surface area contributed by atoms with Crippen molar-refractivity contribution in [2.45, 2.75) is 25.8 Å². The molecule has 1 amide bonds. The lowest BCUT2D eigenvalue weighted by Crippen LogP contribution is -2.43. The van der Waals surface area contributed by atoms with Gasteiger partial charge in [-0.15, -0.1) is 0 Å². The number of carbonyl (C=O) groups is 1. The van der Waals surface area contributed by atoms with Crippen molar-refractivity contribution in [3.63, 3.8) is 0 Å². The van der Waals surface area contributed by atoms with Crippen molar-refractivity contribution in [1.29, 1.82) is 0 Å². The van der Waals surface area contributed by atoms with Gasteiger partial charge in [-0.3, -0.25) is 4.79 Å². The van der Waals surface area contributed by atoms with E-state index in [1.54, 1.807) is 4.90 Å². The molecule has 5 nitrogen and oxygen atoms in total. The van der Waals surface area contributed by atoms with E-state index in [0.717, 1.165) is 29.2 Å². The maximum atomic E-state index is 11.4. The largest absolute Gasteiger partial charge is 0.365 e. The number of anilines is 1. The lowest BCUT2D eigenvalue weighted by Gasteiger charge is -2.30. The monoisotopic (exact) mass is 298 g/mol. The highest BCUT2D eigenvalue weighted by Gasteiger charge is 2.22. The topological polar surface area (TPSA) is 58.1 Å². The number of likely N-dealkylation sites (tertiary alicyclic amines) is 1. The van der Waals surface area contributed by atoms with Gasteiger partial charge in [0.1, 0.15) is 16.2 Å². The van der Waals surface area contributed by atoms with Crippen LogP contribution in [-0.4, -0.2) is 40.4 Å². The summed E-state index contributed by atoms with van der Waals surface area (Å²) in [5.74, 6) is 1.74. The molecule has 1 atom stereocenters. The van der Waals surface area contributed by atoms with E-state index in [0.29, 0.717) is 6.42 Å². The Balaban J connectivity index is 2.03. The molecule has 0 radical (unpaired) electrons. The second-order valence-corrected chi connectivity index (χ2v) is 5.09. The zero-order chi connectivity index (χ0) is 12.4. The van der Waals surface area contributed by atoms with Crippen LogP contribution in [0.3, 0.4) is 0 Å². The molecule has 1 fully saturated rings. The van der Waals surface area contributed by atoms with E-state index in [1.165, 1.54) is 0 Å². The number of rotatable bonds is 2. The number of aryl methyl sites for hydroxylation is 1. The Morgan fingerprint density at radius 1 is 1.53 bits per heavy atom. The predicted molar refractivity (Wildman–Crippen MR) is 68.8 cm³/mol. The van der Waals surface area contributed by atoms with Crippen LogP contribution in [0.5, 0.6) is 0 Å². The van der Waals surface area contributed by atoms with Crippen molar-refractivity contribution in [2.75, 3.05) is 18.9 Å². The van der Waals surface area contributed by atoms with E-state index < -0.39 is 0 Å².